The first kappa shape index (κ1) is 27.2. The minimum Gasteiger partial charge on any atom is -0.460 e. The van der Waals surface area contributed by atoms with Crippen LogP contribution in [0.5, 0.6) is 0 Å². The summed E-state index contributed by atoms with van der Waals surface area (Å²) in [6.07, 6.45) is 6.76. The fourth-order valence-electron chi connectivity index (χ4n) is 4.23. The topological polar surface area (TPSA) is 94.2 Å². The number of nitrogens with one attached hydrogen (secondary N) is 1. The smallest absolute Gasteiger partial charge is 0.417 e. The lowest BCUT2D eigenvalue weighted by Crippen LogP contribution is -2.38. The molecule has 0 aromatic rings. The van der Waals surface area contributed by atoms with E-state index in [1.54, 1.807) is 53.9 Å². The highest BCUT2D eigenvalue weighted by Gasteiger charge is 2.42. The summed E-state index contributed by atoms with van der Waals surface area (Å²) in [5, 5.41) is 3.17. The van der Waals surface area contributed by atoms with Crippen LogP contribution in [0.4, 0.5) is 4.79 Å². The third-order valence-electron chi connectivity index (χ3n) is 5.67. The van der Waals surface area contributed by atoms with E-state index in [2.05, 4.69) is 12.2 Å². The Hall–Kier alpha value is -3.03. The van der Waals surface area contributed by atoms with Crippen molar-refractivity contribution in [3.63, 3.8) is 0 Å². The van der Waals surface area contributed by atoms with Gasteiger partial charge in [0.15, 0.2) is 0 Å². The highest BCUT2D eigenvalue weighted by Crippen LogP contribution is 2.42. The Kier molecular flexibility index (Phi) is 9.53. The molecule has 0 aromatic carbocycles. The molecule has 0 aliphatic carbocycles. The van der Waals surface area contributed by atoms with Crippen molar-refractivity contribution in [1.29, 1.82) is 0 Å². The molecule has 0 fully saturated rings. The van der Waals surface area contributed by atoms with Crippen molar-refractivity contribution in [1.82, 2.24) is 10.2 Å². The van der Waals surface area contributed by atoms with Gasteiger partial charge in [-0.25, -0.2) is 14.4 Å². The van der Waals surface area contributed by atoms with Crippen LogP contribution in [-0.2, 0) is 23.8 Å². The van der Waals surface area contributed by atoms with Crippen molar-refractivity contribution in [3.05, 3.63) is 46.6 Å². The molecule has 1 unspecified atom stereocenters. The molecule has 2 rings (SSSR count). The van der Waals surface area contributed by atoms with E-state index in [9.17, 15) is 14.4 Å². The second kappa shape index (κ2) is 11.9. The number of hydrogen-bond donors (Lipinski definition) is 1. The molecule has 34 heavy (non-hydrogen) atoms. The van der Waals surface area contributed by atoms with Crippen LogP contribution >= 0.6 is 0 Å². The van der Waals surface area contributed by atoms with Crippen LogP contribution in [0.25, 0.3) is 0 Å². The van der Waals surface area contributed by atoms with Crippen molar-refractivity contribution < 1.29 is 28.6 Å². The summed E-state index contributed by atoms with van der Waals surface area (Å²) in [6.45, 7) is 12.8. The number of amides is 1. The van der Waals surface area contributed by atoms with Crippen LogP contribution in [0.2, 0.25) is 0 Å². The summed E-state index contributed by atoms with van der Waals surface area (Å²) in [7, 11) is 1.31. The van der Waals surface area contributed by atoms with Gasteiger partial charge in [0.25, 0.3) is 0 Å². The number of allylic oxidation sites excluding steroid dienone is 4. The Morgan fingerprint density at radius 2 is 1.53 bits per heavy atom. The van der Waals surface area contributed by atoms with Gasteiger partial charge in [0.1, 0.15) is 0 Å². The maximum Gasteiger partial charge on any atom is 0.417 e. The van der Waals surface area contributed by atoms with E-state index in [4.69, 9.17) is 14.2 Å². The molecule has 0 aromatic heterocycles. The van der Waals surface area contributed by atoms with Crippen LogP contribution in [0.1, 0.15) is 67.7 Å². The highest BCUT2D eigenvalue weighted by molar-refractivity contribution is 5.99. The minimum atomic E-state index is -0.738. The van der Waals surface area contributed by atoms with Crippen LogP contribution in [-0.4, -0.2) is 42.2 Å². The lowest BCUT2D eigenvalue weighted by molar-refractivity contribution is -0.144. The van der Waals surface area contributed by atoms with Gasteiger partial charge in [-0.2, -0.15) is 0 Å². The van der Waals surface area contributed by atoms with E-state index < -0.39 is 23.9 Å². The molecule has 1 atom stereocenters. The van der Waals surface area contributed by atoms with Crippen molar-refractivity contribution >= 4 is 18.0 Å². The van der Waals surface area contributed by atoms with Gasteiger partial charge >= 0.3 is 18.0 Å². The van der Waals surface area contributed by atoms with Crippen molar-refractivity contribution in [2.24, 2.45) is 11.8 Å². The SMILES string of the molecule is CCCCC1C=CN(C(=O)OC)C=C1C1C(C(=O)OC(C)C)=C(C)NC(C)=C1C(=O)OC(C)C. The van der Waals surface area contributed by atoms with Gasteiger partial charge in [-0.3, -0.25) is 4.90 Å². The largest absolute Gasteiger partial charge is 0.460 e. The number of carbonyl (C=O) groups excluding carboxylic acids is 3. The Balaban J connectivity index is 2.73. The number of nitrogens with zero attached hydrogens (tertiary/aromatic N) is 1. The standard InChI is InChI=1S/C26H38N2O6/c1-9-10-11-19-12-13-28(26(31)32-8)14-20(19)23-21(24(29)33-15(2)3)17(6)27-18(7)22(23)25(30)34-16(4)5/h12-16,19,23,27H,9-11H2,1-8H3. The van der Waals surface area contributed by atoms with Gasteiger partial charge in [0.2, 0.25) is 0 Å². The molecule has 8 nitrogen and oxygen atoms in total. The summed E-state index contributed by atoms with van der Waals surface area (Å²) in [6, 6.07) is 0. The Labute approximate surface area is 202 Å². The van der Waals surface area contributed by atoms with Gasteiger partial charge < -0.3 is 19.5 Å². The van der Waals surface area contributed by atoms with Crippen LogP contribution in [0.3, 0.4) is 0 Å². The third kappa shape index (κ3) is 6.30. The fourth-order valence-corrected chi connectivity index (χ4v) is 4.23. The van der Waals surface area contributed by atoms with Crippen LogP contribution in [0, 0.1) is 11.8 Å². The third-order valence-corrected chi connectivity index (χ3v) is 5.67. The van der Waals surface area contributed by atoms with Crippen LogP contribution in [0.15, 0.2) is 46.6 Å². The first-order valence-electron chi connectivity index (χ1n) is 11.9. The summed E-state index contributed by atoms with van der Waals surface area (Å²) in [5.41, 5.74) is 2.62. The van der Waals surface area contributed by atoms with Gasteiger partial charge in [0, 0.05) is 29.7 Å². The molecule has 1 amide bonds. The molecule has 2 heterocycles. The molecule has 1 N–H and O–H groups in total. The predicted molar refractivity (Wildman–Crippen MR) is 129 cm³/mol. The number of esters is 2. The first-order chi connectivity index (χ1) is 16.0. The normalized spacial score (nSPS) is 18.8. The fraction of sp³-hybridized carbons (Fsp3) is 0.577. The quantitative estimate of drug-likeness (QED) is 0.393. The maximum atomic E-state index is 13.3. The summed E-state index contributed by atoms with van der Waals surface area (Å²) in [5.74, 6) is -1.85. The lowest BCUT2D eigenvalue weighted by Gasteiger charge is -2.36. The second-order valence-electron chi connectivity index (χ2n) is 9.14. The molecule has 8 heteroatoms. The molecule has 0 saturated heterocycles. The summed E-state index contributed by atoms with van der Waals surface area (Å²) < 4.78 is 16.1. The van der Waals surface area contributed by atoms with E-state index in [1.165, 1.54) is 12.0 Å². The number of hydrogen-bond acceptors (Lipinski definition) is 7. The number of dihydropyridines is 1. The average Bonchev–Trinajstić information content (AvgIpc) is 2.75. The minimum absolute atomic E-state index is 0.0896. The van der Waals surface area contributed by atoms with E-state index in [1.807, 2.05) is 6.08 Å². The number of rotatable bonds is 8. The monoisotopic (exact) mass is 474 g/mol. The zero-order valence-electron chi connectivity index (χ0n) is 21.6. The molecular formula is C26H38N2O6. The Morgan fingerprint density at radius 1 is 1.00 bits per heavy atom. The molecule has 0 saturated carbocycles. The zero-order valence-corrected chi connectivity index (χ0v) is 21.6. The van der Waals surface area contributed by atoms with Gasteiger partial charge in [-0.1, -0.05) is 25.8 Å². The summed E-state index contributed by atoms with van der Waals surface area (Å²) >= 11 is 0. The second-order valence-corrected chi connectivity index (χ2v) is 9.14. The predicted octanol–water partition coefficient (Wildman–Crippen LogP) is 4.94. The number of ether oxygens (including phenoxy) is 3. The molecular weight excluding hydrogens is 436 g/mol. The Morgan fingerprint density at radius 3 is 1.97 bits per heavy atom. The average molecular weight is 475 g/mol. The highest BCUT2D eigenvalue weighted by atomic mass is 16.6. The van der Waals surface area contributed by atoms with E-state index >= 15 is 0 Å². The number of unbranched alkanes of at least 4 members (excludes halogenated alkanes) is 1. The van der Waals surface area contributed by atoms with Crippen molar-refractivity contribution in [2.75, 3.05) is 7.11 Å². The molecule has 188 valence electrons. The molecule has 0 radical (unpaired) electrons. The van der Waals surface area contributed by atoms with E-state index in [0.29, 0.717) is 22.5 Å². The lowest BCUT2D eigenvalue weighted by atomic mass is 9.74. The van der Waals surface area contributed by atoms with Crippen molar-refractivity contribution in [2.45, 2.75) is 79.9 Å². The number of carbonyl (C=O) groups is 3. The first-order valence-corrected chi connectivity index (χ1v) is 11.9. The zero-order chi connectivity index (χ0) is 25.6. The van der Waals surface area contributed by atoms with Crippen molar-refractivity contribution in [3.8, 4) is 0 Å². The number of methoxy groups -OCH3 is 1. The molecule has 2 aliphatic rings. The molecule has 0 spiro atoms. The van der Waals surface area contributed by atoms with Crippen LogP contribution < -0.4 is 5.32 Å². The van der Waals surface area contributed by atoms with Gasteiger partial charge in [-0.05, 0) is 53.5 Å². The molecule has 2 aliphatic heterocycles. The van der Waals surface area contributed by atoms with Gasteiger partial charge in [0.05, 0.1) is 36.4 Å². The maximum absolute atomic E-state index is 13.3. The van der Waals surface area contributed by atoms with E-state index in [0.717, 1.165) is 24.8 Å². The van der Waals surface area contributed by atoms with E-state index in [-0.39, 0.29) is 18.1 Å². The van der Waals surface area contributed by atoms with Gasteiger partial charge in [-0.15, -0.1) is 0 Å². The summed E-state index contributed by atoms with van der Waals surface area (Å²) in [4.78, 5) is 40.3. The molecule has 0 bridgehead atoms. The Bertz CT molecular complexity index is 882.